The number of pyridine rings is 1. The van der Waals surface area contributed by atoms with Crippen molar-refractivity contribution in [3.63, 3.8) is 0 Å². The summed E-state index contributed by atoms with van der Waals surface area (Å²) in [6.07, 6.45) is 2.83. The third-order valence-corrected chi connectivity index (χ3v) is 3.68. The van der Waals surface area contributed by atoms with Gasteiger partial charge in [0.15, 0.2) is 4.77 Å². The minimum Gasteiger partial charge on any atom is -0.331 e. The second-order valence-corrected chi connectivity index (χ2v) is 4.88. The smallest absolute Gasteiger partial charge is 0.178 e. The Morgan fingerprint density at radius 1 is 1.21 bits per heavy atom. The van der Waals surface area contributed by atoms with Gasteiger partial charge in [-0.15, -0.1) is 0 Å². The molecule has 0 bridgehead atoms. The maximum absolute atomic E-state index is 5.41. The highest BCUT2D eigenvalue weighted by Gasteiger charge is 2.07. The van der Waals surface area contributed by atoms with Crippen molar-refractivity contribution in [2.75, 3.05) is 0 Å². The molecule has 2 aromatic heterocycles. The van der Waals surface area contributed by atoms with Gasteiger partial charge < -0.3 is 9.55 Å². The molecule has 19 heavy (non-hydrogen) atoms. The van der Waals surface area contributed by atoms with Crippen molar-refractivity contribution in [3.8, 4) is 0 Å². The molecule has 0 aliphatic carbocycles. The largest absolute Gasteiger partial charge is 0.331 e. The molecular weight excluding hydrogens is 254 g/mol. The van der Waals surface area contributed by atoms with Crippen LogP contribution in [0.3, 0.4) is 0 Å². The van der Waals surface area contributed by atoms with Crippen LogP contribution in [0.25, 0.3) is 11.0 Å². The Bertz CT molecular complexity index is 770. The lowest BCUT2D eigenvalue weighted by Gasteiger charge is -2.08. The molecule has 0 atom stereocenters. The van der Waals surface area contributed by atoms with Gasteiger partial charge in [-0.1, -0.05) is 25.1 Å². The molecule has 3 nitrogen and oxygen atoms in total. The number of aryl methyl sites for hydroxylation is 1. The summed E-state index contributed by atoms with van der Waals surface area (Å²) in [5.74, 6) is 0. The highest BCUT2D eigenvalue weighted by Crippen LogP contribution is 2.16. The zero-order valence-electron chi connectivity index (χ0n) is 10.8. The fraction of sp³-hybridized carbons (Fsp3) is 0.200. The van der Waals surface area contributed by atoms with Crippen LogP contribution in [0.15, 0.2) is 42.6 Å². The number of rotatable bonds is 3. The molecule has 0 fully saturated rings. The molecule has 3 aromatic rings. The standard InChI is InChI=1S/C15H15N3S/c1-2-11-6-5-9-16-13(11)10-18-14-8-4-3-7-12(14)17-15(18)19/h3-9H,2,10H2,1H3,(H,17,19). The molecule has 1 N–H and O–H groups in total. The maximum Gasteiger partial charge on any atom is 0.178 e. The first-order chi connectivity index (χ1) is 9.29. The van der Waals surface area contributed by atoms with Crippen LogP contribution < -0.4 is 0 Å². The molecule has 2 heterocycles. The summed E-state index contributed by atoms with van der Waals surface area (Å²) in [5.41, 5.74) is 4.56. The second kappa shape index (κ2) is 4.97. The van der Waals surface area contributed by atoms with E-state index in [1.54, 1.807) is 0 Å². The predicted octanol–water partition coefficient (Wildman–Crippen LogP) is 3.70. The SMILES string of the molecule is CCc1cccnc1Cn1c(=S)[nH]c2ccccc21. The summed E-state index contributed by atoms with van der Waals surface area (Å²) in [5, 5.41) is 0. The average Bonchev–Trinajstić information content (AvgIpc) is 2.76. The van der Waals surface area contributed by atoms with Crippen LogP contribution in [0.2, 0.25) is 0 Å². The summed E-state index contributed by atoms with van der Waals surface area (Å²) < 4.78 is 2.85. The molecule has 0 unspecified atom stereocenters. The summed E-state index contributed by atoms with van der Waals surface area (Å²) in [6, 6.07) is 12.3. The third-order valence-electron chi connectivity index (χ3n) is 3.35. The monoisotopic (exact) mass is 269 g/mol. The Balaban J connectivity index is 2.11. The Kier molecular flexibility index (Phi) is 3.17. The van der Waals surface area contributed by atoms with Gasteiger partial charge in [0.1, 0.15) is 0 Å². The van der Waals surface area contributed by atoms with Gasteiger partial charge in [0.05, 0.1) is 23.3 Å². The first kappa shape index (κ1) is 12.1. The van der Waals surface area contributed by atoms with Gasteiger partial charge >= 0.3 is 0 Å². The number of nitrogens with zero attached hydrogens (tertiary/aromatic N) is 2. The number of H-pyrrole nitrogens is 1. The number of aromatic amines is 1. The number of imidazole rings is 1. The minimum atomic E-state index is 0.715. The van der Waals surface area contributed by atoms with Crippen LogP contribution in [0.4, 0.5) is 0 Å². The Morgan fingerprint density at radius 3 is 2.89 bits per heavy atom. The third kappa shape index (κ3) is 2.19. The predicted molar refractivity (Wildman–Crippen MR) is 79.8 cm³/mol. The van der Waals surface area contributed by atoms with Crippen LogP contribution in [0.5, 0.6) is 0 Å². The normalized spacial score (nSPS) is 11.0. The highest BCUT2D eigenvalue weighted by atomic mass is 32.1. The molecule has 0 saturated carbocycles. The van der Waals surface area contributed by atoms with Crippen LogP contribution in [0, 0.1) is 4.77 Å². The summed E-state index contributed by atoms with van der Waals surface area (Å²) in [4.78, 5) is 7.73. The Hall–Kier alpha value is -1.94. The van der Waals surface area contributed by atoms with E-state index in [2.05, 4.69) is 33.6 Å². The summed E-state index contributed by atoms with van der Waals surface area (Å²) in [6.45, 7) is 2.86. The van der Waals surface area contributed by atoms with Crippen LogP contribution >= 0.6 is 12.2 Å². The van der Waals surface area contributed by atoms with Gasteiger partial charge in [-0.05, 0) is 42.4 Å². The van der Waals surface area contributed by atoms with Crippen molar-refractivity contribution in [2.24, 2.45) is 0 Å². The molecule has 0 aliphatic heterocycles. The van der Waals surface area contributed by atoms with Gasteiger partial charge in [-0.2, -0.15) is 0 Å². The molecule has 0 saturated heterocycles. The van der Waals surface area contributed by atoms with E-state index in [0.717, 1.165) is 27.9 Å². The zero-order valence-corrected chi connectivity index (χ0v) is 11.6. The molecule has 4 heteroatoms. The molecule has 0 radical (unpaired) electrons. The Morgan fingerprint density at radius 2 is 2.05 bits per heavy atom. The van der Waals surface area contributed by atoms with Crippen LogP contribution in [-0.4, -0.2) is 14.5 Å². The van der Waals surface area contributed by atoms with E-state index < -0.39 is 0 Å². The van der Waals surface area contributed by atoms with Crippen molar-refractivity contribution in [1.82, 2.24) is 14.5 Å². The van der Waals surface area contributed by atoms with Crippen molar-refractivity contribution in [2.45, 2.75) is 19.9 Å². The molecule has 1 aromatic carbocycles. The summed E-state index contributed by atoms with van der Waals surface area (Å²) >= 11 is 5.41. The fourth-order valence-corrected chi connectivity index (χ4v) is 2.62. The second-order valence-electron chi connectivity index (χ2n) is 4.50. The van der Waals surface area contributed by atoms with E-state index >= 15 is 0 Å². The molecule has 0 spiro atoms. The van der Waals surface area contributed by atoms with Crippen molar-refractivity contribution < 1.29 is 0 Å². The molecule has 0 amide bonds. The van der Waals surface area contributed by atoms with Gasteiger partial charge in [0.25, 0.3) is 0 Å². The van der Waals surface area contributed by atoms with E-state index in [-0.39, 0.29) is 0 Å². The molecule has 96 valence electrons. The topological polar surface area (TPSA) is 33.6 Å². The van der Waals surface area contributed by atoms with Crippen LogP contribution in [-0.2, 0) is 13.0 Å². The first-order valence-corrected chi connectivity index (χ1v) is 6.80. The van der Waals surface area contributed by atoms with Crippen molar-refractivity contribution in [3.05, 3.63) is 58.6 Å². The zero-order chi connectivity index (χ0) is 13.2. The highest BCUT2D eigenvalue weighted by molar-refractivity contribution is 7.71. The van der Waals surface area contributed by atoms with E-state index in [1.807, 2.05) is 30.5 Å². The Labute approximate surface area is 116 Å². The average molecular weight is 269 g/mol. The number of hydrogen-bond acceptors (Lipinski definition) is 2. The van der Waals surface area contributed by atoms with Gasteiger partial charge in [0.2, 0.25) is 0 Å². The lowest BCUT2D eigenvalue weighted by atomic mass is 10.1. The van der Waals surface area contributed by atoms with E-state index in [9.17, 15) is 0 Å². The van der Waals surface area contributed by atoms with E-state index in [1.165, 1.54) is 5.56 Å². The fourth-order valence-electron chi connectivity index (χ4n) is 2.35. The van der Waals surface area contributed by atoms with E-state index in [4.69, 9.17) is 12.2 Å². The lowest BCUT2D eigenvalue weighted by Crippen LogP contribution is -2.05. The number of fused-ring (bicyclic) bond motifs is 1. The minimum absolute atomic E-state index is 0.715. The molecular formula is C15H15N3S. The first-order valence-electron chi connectivity index (χ1n) is 6.40. The van der Waals surface area contributed by atoms with Crippen molar-refractivity contribution in [1.29, 1.82) is 0 Å². The van der Waals surface area contributed by atoms with E-state index in [0.29, 0.717) is 6.54 Å². The molecule has 3 rings (SSSR count). The number of aromatic nitrogens is 3. The van der Waals surface area contributed by atoms with Gasteiger partial charge in [-0.25, -0.2) is 0 Å². The van der Waals surface area contributed by atoms with Crippen LogP contribution in [0.1, 0.15) is 18.2 Å². The number of hydrogen-bond donors (Lipinski definition) is 1. The lowest BCUT2D eigenvalue weighted by molar-refractivity contribution is 0.771. The van der Waals surface area contributed by atoms with Gasteiger partial charge in [-0.3, -0.25) is 4.98 Å². The summed E-state index contributed by atoms with van der Waals surface area (Å²) in [7, 11) is 0. The molecule has 0 aliphatic rings. The number of benzene rings is 1. The maximum atomic E-state index is 5.41. The number of para-hydroxylation sites is 2. The van der Waals surface area contributed by atoms with Crippen molar-refractivity contribution >= 4 is 23.3 Å². The number of nitrogens with one attached hydrogen (secondary N) is 1. The quantitative estimate of drug-likeness (QED) is 0.735. The van der Waals surface area contributed by atoms with Gasteiger partial charge in [0, 0.05) is 6.20 Å².